The lowest BCUT2D eigenvalue weighted by atomic mass is 9.87. The molecule has 0 radical (unpaired) electrons. The smallest absolute Gasteiger partial charge is 0.119 e. The third kappa shape index (κ3) is 10.8. The average molecular weight is 777 g/mol. The molecule has 302 valence electrons. The van der Waals surface area contributed by atoms with Crippen molar-refractivity contribution in [2.75, 3.05) is 0 Å². The van der Waals surface area contributed by atoms with Gasteiger partial charge in [-0.3, -0.25) is 0 Å². The molecule has 0 saturated carbocycles. The van der Waals surface area contributed by atoms with Gasteiger partial charge in [0.15, 0.2) is 0 Å². The van der Waals surface area contributed by atoms with Crippen LogP contribution in [0.2, 0.25) is 0 Å². The summed E-state index contributed by atoms with van der Waals surface area (Å²) in [6, 6.07) is 37.0. The van der Waals surface area contributed by atoms with Crippen molar-refractivity contribution >= 4 is 0 Å². The van der Waals surface area contributed by atoms with Crippen LogP contribution in [0, 0.1) is 22.7 Å². The Morgan fingerprint density at radius 2 is 0.517 bits per heavy atom. The van der Waals surface area contributed by atoms with E-state index in [-0.39, 0.29) is 59.2 Å². The van der Waals surface area contributed by atoms with E-state index in [4.69, 9.17) is 18.9 Å². The largest absolute Gasteiger partial charge is 0.489 e. The van der Waals surface area contributed by atoms with Crippen LogP contribution in [0.25, 0.3) is 0 Å². The molecule has 0 aliphatic heterocycles. The summed E-state index contributed by atoms with van der Waals surface area (Å²) in [6.45, 7) is 26.4. The fourth-order valence-corrected chi connectivity index (χ4v) is 6.71. The molecule has 0 N–H and O–H groups in total. The van der Waals surface area contributed by atoms with Gasteiger partial charge >= 0.3 is 0 Å². The number of benzene rings is 5. The van der Waals surface area contributed by atoms with E-state index in [2.05, 4.69) is 144 Å². The molecule has 0 aliphatic carbocycles. The van der Waals surface area contributed by atoms with Crippen LogP contribution in [0.1, 0.15) is 139 Å². The maximum Gasteiger partial charge on any atom is 0.119 e. The Balaban J connectivity index is 1.63. The van der Waals surface area contributed by atoms with E-state index in [1.165, 1.54) is 22.3 Å². The van der Waals surface area contributed by atoms with Gasteiger partial charge in [0.1, 0.15) is 61.6 Å². The fourth-order valence-electron chi connectivity index (χ4n) is 6.71. The minimum atomic E-state index is -0.0156. The highest BCUT2D eigenvalue weighted by molar-refractivity contribution is 5.61. The molecule has 5 aromatic rings. The summed E-state index contributed by atoms with van der Waals surface area (Å²) in [5.74, 6) is 2.68. The zero-order chi connectivity index (χ0) is 42.5. The van der Waals surface area contributed by atoms with Gasteiger partial charge in [0.2, 0.25) is 0 Å². The quantitative estimate of drug-likeness (QED) is 0.125. The molecular weight excluding hydrogens is 717 g/mol. The van der Waals surface area contributed by atoms with Gasteiger partial charge in [0.05, 0.1) is 11.1 Å². The molecule has 0 bridgehead atoms. The molecule has 0 amide bonds. The first kappa shape index (κ1) is 43.4. The standard InChI is InChI=1S/C52H60N2O4/c1-49(2,3)35-13-21-39(22-14-35)55-31-45-43(29-53)44(30-54)46(32-56-40-23-15-36(16-24-40)50(4,5)6)48(34-58-42-27-19-38(20-28-42)52(10,11)12)47(45)33-57-41-25-17-37(18-26-41)51(7,8)9/h13-28H,31-34H2,1-12H3. The highest BCUT2D eigenvalue weighted by atomic mass is 16.5. The van der Waals surface area contributed by atoms with Gasteiger partial charge in [-0.05, 0) is 92.4 Å². The van der Waals surface area contributed by atoms with Gasteiger partial charge in [-0.25, -0.2) is 0 Å². The third-order valence-corrected chi connectivity index (χ3v) is 10.6. The molecule has 5 rings (SSSR count). The van der Waals surface area contributed by atoms with Crippen molar-refractivity contribution in [1.82, 2.24) is 0 Å². The number of hydrogen-bond donors (Lipinski definition) is 0. The lowest BCUT2D eigenvalue weighted by Crippen LogP contribution is -2.18. The van der Waals surface area contributed by atoms with Crippen LogP contribution < -0.4 is 18.9 Å². The van der Waals surface area contributed by atoms with E-state index in [0.717, 1.165) is 11.1 Å². The highest BCUT2D eigenvalue weighted by Gasteiger charge is 2.27. The van der Waals surface area contributed by atoms with Crippen LogP contribution in [0.15, 0.2) is 97.1 Å². The monoisotopic (exact) mass is 776 g/mol. The molecule has 6 nitrogen and oxygen atoms in total. The van der Waals surface area contributed by atoms with E-state index >= 15 is 0 Å². The topological polar surface area (TPSA) is 84.5 Å². The Bertz CT molecular complexity index is 2080. The van der Waals surface area contributed by atoms with Crippen molar-refractivity contribution in [1.29, 1.82) is 10.5 Å². The second kappa shape index (κ2) is 17.4. The summed E-state index contributed by atoms with van der Waals surface area (Å²) in [4.78, 5) is 0. The maximum atomic E-state index is 10.8. The Labute approximate surface area is 347 Å². The Hall–Kier alpha value is -5.72. The first-order chi connectivity index (χ1) is 27.2. The molecule has 0 heterocycles. The second-order valence-electron chi connectivity index (χ2n) is 19.1. The van der Waals surface area contributed by atoms with Crippen molar-refractivity contribution < 1.29 is 18.9 Å². The zero-order valence-corrected chi connectivity index (χ0v) is 36.6. The predicted molar refractivity (Wildman–Crippen MR) is 234 cm³/mol. The molecule has 0 saturated heterocycles. The summed E-state index contributed by atoms with van der Waals surface area (Å²) in [6.07, 6.45) is 0. The summed E-state index contributed by atoms with van der Waals surface area (Å²) in [7, 11) is 0. The third-order valence-electron chi connectivity index (χ3n) is 10.6. The van der Waals surface area contributed by atoms with Crippen LogP contribution in [-0.2, 0) is 48.1 Å². The Morgan fingerprint density at radius 1 is 0.328 bits per heavy atom. The first-order valence-electron chi connectivity index (χ1n) is 20.1. The number of rotatable bonds is 12. The minimum absolute atomic E-state index is 0.0134. The molecule has 6 heteroatoms. The first-order valence-corrected chi connectivity index (χ1v) is 20.1. The molecule has 0 atom stereocenters. The van der Waals surface area contributed by atoms with Crippen molar-refractivity contribution in [2.45, 2.75) is 131 Å². The number of nitrogens with zero attached hydrogens (tertiary/aromatic N) is 2. The van der Waals surface area contributed by atoms with E-state index in [1.807, 2.05) is 48.5 Å². The Morgan fingerprint density at radius 3 is 0.690 bits per heavy atom. The fraction of sp³-hybridized carbons (Fsp3) is 0.385. The number of hydrogen-bond acceptors (Lipinski definition) is 6. The van der Waals surface area contributed by atoms with Crippen molar-refractivity contribution in [2.24, 2.45) is 0 Å². The van der Waals surface area contributed by atoms with Crippen LogP contribution >= 0.6 is 0 Å². The summed E-state index contributed by atoms with van der Waals surface area (Å²) in [5, 5.41) is 21.6. The summed E-state index contributed by atoms with van der Waals surface area (Å²) in [5.41, 5.74) is 7.74. The van der Waals surface area contributed by atoms with Gasteiger partial charge in [0, 0.05) is 22.3 Å². The normalized spacial score (nSPS) is 12.0. The highest BCUT2D eigenvalue weighted by Crippen LogP contribution is 2.35. The van der Waals surface area contributed by atoms with Gasteiger partial charge < -0.3 is 18.9 Å². The molecule has 0 spiro atoms. The number of ether oxygens (including phenoxy) is 4. The van der Waals surface area contributed by atoms with E-state index in [1.54, 1.807) is 0 Å². The van der Waals surface area contributed by atoms with E-state index in [9.17, 15) is 10.5 Å². The average Bonchev–Trinajstić information content (AvgIpc) is 3.16. The Kier molecular flexibility index (Phi) is 13.0. The zero-order valence-electron chi connectivity index (χ0n) is 36.6. The predicted octanol–water partition coefficient (Wildman–Crippen LogP) is 12.9. The van der Waals surface area contributed by atoms with Crippen molar-refractivity contribution in [3.8, 4) is 35.1 Å². The van der Waals surface area contributed by atoms with Gasteiger partial charge in [0.25, 0.3) is 0 Å². The molecule has 0 aliphatic rings. The minimum Gasteiger partial charge on any atom is -0.489 e. The van der Waals surface area contributed by atoms with Crippen LogP contribution in [0.3, 0.4) is 0 Å². The van der Waals surface area contributed by atoms with E-state index < -0.39 is 0 Å². The molecular formula is C52H60N2O4. The maximum absolute atomic E-state index is 10.8. The molecule has 0 fully saturated rings. The SMILES string of the molecule is CC(C)(C)c1ccc(OCc2c(C#N)c(C#N)c(COc3ccc(C(C)(C)C)cc3)c(COc3ccc(C(C)(C)C)cc3)c2COc2ccc(C(C)(C)C)cc2)cc1. The second-order valence-corrected chi connectivity index (χ2v) is 19.1. The molecule has 0 unspecified atom stereocenters. The van der Waals surface area contributed by atoms with Crippen LogP contribution in [0.5, 0.6) is 23.0 Å². The lowest BCUT2D eigenvalue weighted by molar-refractivity contribution is 0.265. The van der Waals surface area contributed by atoms with Crippen LogP contribution in [0.4, 0.5) is 0 Å². The van der Waals surface area contributed by atoms with Crippen molar-refractivity contribution in [3.05, 3.63) is 153 Å². The summed E-state index contributed by atoms with van der Waals surface area (Å²) < 4.78 is 25.9. The molecule has 0 aromatic heterocycles. The van der Waals surface area contributed by atoms with Crippen LogP contribution in [-0.4, -0.2) is 0 Å². The number of nitriles is 2. The summed E-state index contributed by atoms with van der Waals surface area (Å²) >= 11 is 0. The van der Waals surface area contributed by atoms with Gasteiger partial charge in [-0.15, -0.1) is 0 Å². The van der Waals surface area contributed by atoms with E-state index in [0.29, 0.717) is 34.1 Å². The van der Waals surface area contributed by atoms with Gasteiger partial charge in [-0.2, -0.15) is 10.5 Å². The lowest BCUT2D eigenvalue weighted by Gasteiger charge is -2.24. The molecule has 58 heavy (non-hydrogen) atoms. The van der Waals surface area contributed by atoms with Gasteiger partial charge in [-0.1, -0.05) is 132 Å². The molecule has 5 aromatic carbocycles. The van der Waals surface area contributed by atoms with Crippen molar-refractivity contribution in [3.63, 3.8) is 0 Å².